The SMILES string of the molecule is CC1(C)OB(c2cc(F)c3cc(Cc4cc(F)cc(F)c4)ncc3c2)OC1(C)C.Nc1ncnc2c1c(-c1cc(F)c3cc(Cc4cc(F)cc(F)c4)ncc3c1)cn2C1CC1. The second-order valence-corrected chi connectivity index (χ2v) is 16.9. The molecule has 0 bridgehead atoms. The highest BCUT2D eigenvalue weighted by atomic mass is 19.2. The van der Waals surface area contributed by atoms with Gasteiger partial charge < -0.3 is 19.6 Å². The third-order valence-corrected chi connectivity index (χ3v) is 11.7. The van der Waals surface area contributed by atoms with E-state index in [-0.39, 0.29) is 12.8 Å². The van der Waals surface area contributed by atoms with Gasteiger partial charge in [0.05, 0.1) is 16.6 Å². The van der Waals surface area contributed by atoms with E-state index in [0.29, 0.717) is 72.3 Å². The molecular formula is C47H39BF6N6O2. The number of nitrogens with zero attached hydrogens (tertiary/aromatic N) is 5. The molecule has 0 amide bonds. The number of fused-ring (bicyclic) bond motifs is 3. The fourth-order valence-electron chi connectivity index (χ4n) is 7.80. The van der Waals surface area contributed by atoms with Crippen LogP contribution in [0.15, 0.2) is 97.7 Å². The molecule has 8 aromatic rings. The number of rotatable bonds is 7. The maximum absolute atomic E-state index is 15.2. The summed E-state index contributed by atoms with van der Waals surface area (Å²) >= 11 is 0. The summed E-state index contributed by atoms with van der Waals surface area (Å²) in [7, 11) is -0.672. The van der Waals surface area contributed by atoms with Crippen molar-refractivity contribution in [1.82, 2.24) is 24.5 Å². The summed E-state index contributed by atoms with van der Waals surface area (Å²) in [5.74, 6) is -3.12. The van der Waals surface area contributed by atoms with Crippen LogP contribution in [0.4, 0.5) is 32.2 Å². The highest BCUT2D eigenvalue weighted by molar-refractivity contribution is 6.62. The molecule has 2 fully saturated rings. The van der Waals surface area contributed by atoms with Gasteiger partial charge in [-0.15, -0.1) is 0 Å². The van der Waals surface area contributed by atoms with Crippen LogP contribution in [0.25, 0.3) is 43.7 Å². The van der Waals surface area contributed by atoms with Crippen LogP contribution < -0.4 is 11.2 Å². The van der Waals surface area contributed by atoms with Gasteiger partial charge in [-0.25, -0.2) is 36.3 Å². The van der Waals surface area contributed by atoms with E-state index in [1.165, 1.54) is 42.7 Å². The van der Waals surface area contributed by atoms with E-state index in [4.69, 9.17) is 15.0 Å². The summed E-state index contributed by atoms with van der Waals surface area (Å²) in [4.78, 5) is 17.3. The molecule has 1 saturated heterocycles. The van der Waals surface area contributed by atoms with Crippen molar-refractivity contribution in [2.75, 3.05) is 5.73 Å². The number of nitrogen functional groups attached to an aromatic ring is 1. The molecule has 2 N–H and O–H groups in total. The van der Waals surface area contributed by atoms with Gasteiger partial charge in [-0.3, -0.25) is 9.97 Å². The van der Waals surface area contributed by atoms with Crippen molar-refractivity contribution < 1.29 is 35.7 Å². The lowest BCUT2D eigenvalue weighted by Gasteiger charge is -2.32. The van der Waals surface area contributed by atoms with Crippen LogP contribution in [-0.2, 0) is 22.2 Å². The first-order valence-electron chi connectivity index (χ1n) is 20.0. The smallest absolute Gasteiger partial charge is 0.399 e. The number of anilines is 1. The second-order valence-electron chi connectivity index (χ2n) is 16.9. The van der Waals surface area contributed by atoms with Crippen molar-refractivity contribution in [3.63, 3.8) is 0 Å². The molecule has 1 aliphatic heterocycles. The maximum Gasteiger partial charge on any atom is 0.494 e. The lowest BCUT2D eigenvalue weighted by molar-refractivity contribution is 0.00578. The number of halogens is 6. The van der Waals surface area contributed by atoms with Crippen molar-refractivity contribution in [3.05, 3.63) is 155 Å². The Morgan fingerprint density at radius 3 is 1.69 bits per heavy atom. The molecular weight excluding hydrogens is 805 g/mol. The number of pyridine rings is 2. The third-order valence-electron chi connectivity index (χ3n) is 11.7. The van der Waals surface area contributed by atoms with Gasteiger partial charge >= 0.3 is 7.12 Å². The molecule has 314 valence electrons. The number of hydrogen-bond donors (Lipinski definition) is 1. The fraction of sp³-hybridized carbons (Fsp3) is 0.234. The minimum absolute atomic E-state index is 0.189. The summed E-state index contributed by atoms with van der Waals surface area (Å²) in [6, 6.07) is 16.7. The van der Waals surface area contributed by atoms with Gasteiger partial charge in [0.1, 0.15) is 52.7 Å². The summed E-state index contributed by atoms with van der Waals surface area (Å²) in [5, 5.41) is 2.69. The first-order valence-corrected chi connectivity index (χ1v) is 20.0. The molecule has 0 radical (unpaired) electrons. The molecule has 1 saturated carbocycles. The average Bonchev–Trinajstić information content (AvgIpc) is 3.91. The van der Waals surface area contributed by atoms with Gasteiger partial charge in [-0.05, 0) is 117 Å². The topological polar surface area (TPSA) is 101 Å². The molecule has 4 aromatic carbocycles. The first kappa shape index (κ1) is 41.1. The molecule has 62 heavy (non-hydrogen) atoms. The van der Waals surface area contributed by atoms with Crippen LogP contribution in [0.5, 0.6) is 0 Å². The zero-order valence-corrected chi connectivity index (χ0v) is 34.1. The standard InChI is InChI=1S/C25H18F3N5.C22H21BF3NO2/c26-16-3-13(4-17(27)8-16)5-18-9-20-15(10-30-18)6-14(7-22(20)28)21-11-33(19-1-2-19)25-23(21)24(29)31-12-32-25;1-21(2)22(3,4)29-23(28-21)15-8-14-12-27-18(11-19(14)20(26)9-15)7-13-5-16(24)10-17(25)6-13/h3-4,6-12,19H,1-2,5H2,(H2,29,31,32);5-6,8-12H,7H2,1-4H3. The fourth-order valence-corrected chi connectivity index (χ4v) is 7.80. The predicted molar refractivity (Wildman–Crippen MR) is 227 cm³/mol. The lowest BCUT2D eigenvalue weighted by atomic mass is 9.78. The molecule has 5 heterocycles. The van der Waals surface area contributed by atoms with E-state index in [9.17, 15) is 22.0 Å². The van der Waals surface area contributed by atoms with Crippen molar-refractivity contribution in [2.45, 2.75) is 70.6 Å². The van der Waals surface area contributed by atoms with E-state index < -0.39 is 53.2 Å². The van der Waals surface area contributed by atoms with Gasteiger partial charge in [0.15, 0.2) is 0 Å². The Morgan fingerprint density at radius 2 is 1.16 bits per heavy atom. The Morgan fingerprint density at radius 1 is 0.645 bits per heavy atom. The number of hydrogen-bond acceptors (Lipinski definition) is 7. The zero-order valence-electron chi connectivity index (χ0n) is 34.1. The molecule has 0 unspecified atom stereocenters. The Hall–Kier alpha value is -6.32. The highest BCUT2D eigenvalue weighted by Gasteiger charge is 2.51. The van der Waals surface area contributed by atoms with Crippen LogP contribution in [0, 0.1) is 34.9 Å². The van der Waals surface area contributed by atoms with E-state index in [1.807, 2.05) is 40.0 Å². The highest BCUT2D eigenvalue weighted by Crippen LogP contribution is 2.43. The van der Waals surface area contributed by atoms with E-state index in [0.717, 1.165) is 36.2 Å². The lowest BCUT2D eigenvalue weighted by Crippen LogP contribution is -2.41. The minimum Gasteiger partial charge on any atom is -0.399 e. The van der Waals surface area contributed by atoms with Crippen LogP contribution in [0.1, 0.15) is 69.1 Å². The monoisotopic (exact) mass is 844 g/mol. The maximum atomic E-state index is 15.2. The summed E-state index contributed by atoms with van der Waals surface area (Å²) in [6.45, 7) is 7.75. The zero-order chi connectivity index (χ0) is 43.7. The van der Waals surface area contributed by atoms with Crippen molar-refractivity contribution in [3.8, 4) is 11.1 Å². The molecule has 2 aliphatic rings. The van der Waals surface area contributed by atoms with Gasteiger partial charge in [-0.2, -0.15) is 0 Å². The largest absolute Gasteiger partial charge is 0.494 e. The molecule has 0 atom stereocenters. The number of benzene rings is 4. The van der Waals surface area contributed by atoms with E-state index >= 15 is 4.39 Å². The van der Waals surface area contributed by atoms with Crippen LogP contribution >= 0.6 is 0 Å². The van der Waals surface area contributed by atoms with E-state index in [2.05, 4.69) is 24.5 Å². The number of nitrogens with two attached hydrogens (primary N) is 1. The quantitative estimate of drug-likeness (QED) is 0.126. The van der Waals surface area contributed by atoms with E-state index in [1.54, 1.807) is 30.6 Å². The normalized spacial score (nSPS) is 15.7. The minimum atomic E-state index is -0.672. The molecule has 0 spiro atoms. The van der Waals surface area contributed by atoms with Crippen LogP contribution in [0.3, 0.4) is 0 Å². The van der Waals surface area contributed by atoms with Gasteiger partial charge in [0, 0.05) is 88.1 Å². The molecule has 8 nitrogen and oxygen atoms in total. The molecule has 10 rings (SSSR count). The van der Waals surface area contributed by atoms with Gasteiger partial charge in [-0.1, -0.05) is 6.07 Å². The van der Waals surface area contributed by atoms with Crippen molar-refractivity contribution >= 4 is 51.0 Å². The Balaban J connectivity index is 0.000000160. The van der Waals surface area contributed by atoms with Gasteiger partial charge in [0.2, 0.25) is 0 Å². The average molecular weight is 845 g/mol. The van der Waals surface area contributed by atoms with Crippen molar-refractivity contribution in [1.29, 1.82) is 0 Å². The number of aromatic nitrogens is 5. The first-order chi connectivity index (χ1) is 29.5. The summed E-state index contributed by atoms with van der Waals surface area (Å²) < 4.78 is 98.0. The summed E-state index contributed by atoms with van der Waals surface area (Å²) in [6.07, 6.45) is 9.07. The van der Waals surface area contributed by atoms with Crippen LogP contribution in [0.2, 0.25) is 0 Å². The van der Waals surface area contributed by atoms with Crippen molar-refractivity contribution in [2.24, 2.45) is 0 Å². The third kappa shape index (κ3) is 8.09. The van der Waals surface area contributed by atoms with Gasteiger partial charge in [0.25, 0.3) is 0 Å². The van der Waals surface area contributed by atoms with Crippen LogP contribution in [-0.4, -0.2) is 42.8 Å². The second kappa shape index (κ2) is 15.5. The molecule has 15 heteroatoms. The molecule has 4 aromatic heterocycles. The predicted octanol–water partition coefficient (Wildman–Crippen LogP) is 10.1. The summed E-state index contributed by atoms with van der Waals surface area (Å²) in [5.41, 5.74) is 9.78. The Labute approximate surface area is 352 Å². The molecule has 1 aliphatic carbocycles. The Kier molecular flexibility index (Phi) is 10.3. The Bertz CT molecular complexity index is 3010.